The Hall–Kier alpha value is -1.39. The molecule has 1 heterocycles. The summed E-state index contributed by atoms with van der Waals surface area (Å²) in [6, 6.07) is 10.1. The molecule has 2 N–H and O–H groups in total. The van der Waals surface area contributed by atoms with Crippen LogP contribution in [0.4, 0.5) is 0 Å². The van der Waals surface area contributed by atoms with Crippen molar-refractivity contribution in [3.63, 3.8) is 0 Å². The smallest absolute Gasteiger partial charge is 0.234 e. The molecule has 2 rings (SSSR count). The predicted octanol–water partition coefficient (Wildman–Crippen LogP) is 2.10. The fourth-order valence-corrected chi connectivity index (χ4v) is 2.94. The number of aliphatic hydroxyl groups is 1. The van der Waals surface area contributed by atoms with Gasteiger partial charge >= 0.3 is 0 Å². The maximum Gasteiger partial charge on any atom is 0.234 e. The molecule has 1 amide bonds. The number of aliphatic hydroxyl groups excluding tert-OH is 1. The quantitative estimate of drug-likeness (QED) is 0.808. The zero-order valence-corrected chi connectivity index (χ0v) is 12.8. The number of hydrogen-bond acceptors (Lipinski definition) is 3. The molecular formula is C17H26N2O2. The van der Waals surface area contributed by atoms with Crippen LogP contribution in [0.1, 0.15) is 44.3 Å². The van der Waals surface area contributed by atoms with Crippen LogP contribution in [0.3, 0.4) is 0 Å². The highest BCUT2D eigenvalue weighted by atomic mass is 16.3. The Balaban J connectivity index is 1.85. The Bertz CT molecular complexity index is 436. The highest BCUT2D eigenvalue weighted by Gasteiger charge is 2.28. The molecule has 0 unspecified atom stereocenters. The van der Waals surface area contributed by atoms with Crippen molar-refractivity contribution in [2.75, 3.05) is 19.6 Å². The number of carbonyl (C=O) groups excluding carboxylic acids is 1. The summed E-state index contributed by atoms with van der Waals surface area (Å²) in [7, 11) is 0. The molecule has 0 radical (unpaired) electrons. The Morgan fingerprint density at radius 1 is 1.43 bits per heavy atom. The average molecular weight is 290 g/mol. The number of nitrogens with one attached hydrogen (secondary N) is 1. The van der Waals surface area contributed by atoms with Gasteiger partial charge in [-0.15, -0.1) is 0 Å². The molecule has 1 aliphatic heterocycles. The lowest BCUT2D eigenvalue weighted by Crippen LogP contribution is -2.40. The van der Waals surface area contributed by atoms with E-state index in [-0.39, 0.29) is 5.91 Å². The van der Waals surface area contributed by atoms with Crippen molar-refractivity contribution in [1.29, 1.82) is 0 Å². The lowest BCUT2D eigenvalue weighted by Gasteiger charge is -2.26. The van der Waals surface area contributed by atoms with Crippen LogP contribution in [-0.2, 0) is 4.79 Å². The van der Waals surface area contributed by atoms with Crippen molar-refractivity contribution in [1.82, 2.24) is 10.2 Å². The van der Waals surface area contributed by atoms with Gasteiger partial charge in [-0.1, -0.05) is 37.3 Å². The van der Waals surface area contributed by atoms with Gasteiger partial charge in [0.05, 0.1) is 12.6 Å². The number of rotatable bonds is 7. The largest absolute Gasteiger partial charge is 0.388 e. The average Bonchev–Trinajstić information content (AvgIpc) is 2.93. The zero-order chi connectivity index (χ0) is 15.1. The summed E-state index contributed by atoms with van der Waals surface area (Å²) in [4.78, 5) is 14.0. The SMILES string of the molecule is CCCNC(=O)CN1CCC[C@@H]1C[C@H](O)c1ccccc1. The van der Waals surface area contributed by atoms with Crippen LogP contribution in [-0.4, -0.2) is 41.6 Å². The van der Waals surface area contributed by atoms with E-state index in [9.17, 15) is 9.90 Å². The van der Waals surface area contributed by atoms with Gasteiger partial charge in [-0.05, 0) is 37.8 Å². The summed E-state index contributed by atoms with van der Waals surface area (Å²) in [5.74, 6) is 0.0953. The molecule has 2 atom stereocenters. The molecule has 1 fully saturated rings. The summed E-state index contributed by atoms with van der Waals surface area (Å²) in [5.41, 5.74) is 0.958. The summed E-state index contributed by atoms with van der Waals surface area (Å²) >= 11 is 0. The molecule has 1 saturated heterocycles. The monoisotopic (exact) mass is 290 g/mol. The van der Waals surface area contributed by atoms with E-state index in [2.05, 4.69) is 17.1 Å². The molecule has 4 nitrogen and oxygen atoms in total. The molecule has 21 heavy (non-hydrogen) atoms. The Kier molecular flexibility index (Phi) is 6.21. The van der Waals surface area contributed by atoms with E-state index in [4.69, 9.17) is 0 Å². The van der Waals surface area contributed by atoms with Crippen LogP contribution in [0.2, 0.25) is 0 Å². The fraction of sp³-hybridized carbons (Fsp3) is 0.588. The molecule has 0 aliphatic carbocycles. The van der Waals surface area contributed by atoms with E-state index in [1.54, 1.807) is 0 Å². The van der Waals surface area contributed by atoms with Crippen LogP contribution in [0.25, 0.3) is 0 Å². The number of benzene rings is 1. The van der Waals surface area contributed by atoms with Gasteiger partial charge in [0.1, 0.15) is 0 Å². The molecule has 116 valence electrons. The van der Waals surface area contributed by atoms with Gasteiger partial charge in [0.25, 0.3) is 0 Å². The van der Waals surface area contributed by atoms with Crippen LogP contribution in [0.15, 0.2) is 30.3 Å². The molecule has 1 aromatic rings. The van der Waals surface area contributed by atoms with Gasteiger partial charge in [0, 0.05) is 12.6 Å². The van der Waals surface area contributed by atoms with E-state index >= 15 is 0 Å². The van der Waals surface area contributed by atoms with Gasteiger partial charge in [0.2, 0.25) is 5.91 Å². The van der Waals surface area contributed by atoms with Crippen molar-refractivity contribution >= 4 is 5.91 Å². The second-order valence-electron chi connectivity index (χ2n) is 5.78. The molecule has 4 heteroatoms. The maximum atomic E-state index is 11.8. The van der Waals surface area contributed by atoms with E-state index in [1.807, 2.05) is 30.3 Å². The van der Waals surface area contributed by atoms with Crippen LogP contribution in [0.5, 0.6) is 0 Å². The first-order valence-electron chi connectivity index (χ1n) is 7.94. The Labute approximate surface area is 127 Å². The first-order chi connectivity index (χ1) is 10.2. The number of likely N-dealkylation sites (tertiary alicyclic amines) is 1. The fourth-order valence-electron chi connectivity index (χ4n) is 2.94. The van der Waals surface area contributed by atoms with E-state index in [1.165, 1.54) is 0 Å². The molecule has 1 aromatic carbocycles. The van der Waals surface area contributed by atoms with E-state index < -0.39 is 6.10 Å². The van der Waals surface area contributed by atoms with Crippen molar-refractivity contribution < 1.29 is 9.90 Å². The van der Waals surface area contributed by atoms with Crippen molar-refractivity contribution in [2.45, 2.75) is 44.8 Å². The molecule has 0 spiro atoms. The summed E-state index contributed by atoms with van der Waals surface area (Å²) in [5, 5.41) is 13.3. The summed E-state index contributed by atoms with van der Waals surface area (Å²) in [6.07, 6.45) is 3.38. The van der Waals surface area contributed by atoms with Crippen molar-refractivity contribution in [2.24, 2.45) is 0 Å². The van der Waals surface area contributed by atoms with Gasteiger partial charge in [0.15, 0.2) is 0 Å². The first-order valence-corrected chi connectivity index (χ1v) is 7.94. The summed E-state index contributed by atoms with van der Waals surface area (Å²) in [6.45, 7) is 4.19. The third-order valence-electron chi connectivity index (χ3n) is 4.10. The minimum absolute atomic E-state index is 0.0953. The maximum absolute atomic E-state index is 11.8. The van der Waals surface area contributed by atoms with E-state index in [0.717, 1.165) is 37.9 Å². The van der Waals surface area contributed by atoms with Crippen LogP contribution in [0, 0.1) is 0 Å². The Morgan fingerprint density at radius 2 is 2.19 bits per heavy atom. The van der Waals surface area contributed by atoms with Crippen LogP contribution < -0.4 is 5.32 Å². The molecule has 0 saturated carbocycles. The van der Waals surface area contributed by atoms with Gasteiger partial charge in [-0.25, -0.2) is 0 Å². The second-order valence-corrected chi connectivity index (χ2v) is 5.78. The third kappa shape index (κ3) is 4.83. The minimum Gasteiger partial charge on any atom is -0.388 e. The standard InChI is InChI=1S/C17H26N2O2/c1-2-10-18-17(21)13-19-11-6-9-15(19)12-16(20)14-7-4-3-5-8-14/h3-5,7-8,15-16,20H,2,6,9-13H2,1H3,(H,18,21)/t15-,16+/m1/s1. The highest BCUT2D eigenvalue weighted by Crippen LogP contribution is 2.26. The number of hydrogen-bond donors (Lipinski definition) is 2. The number of carbonyl (C=O) groups is 1. The van der Waals surface area contributed by atoms with Gasteiger partial charge in [-0.2, -0.15) is 0 Å². The zero-order valence-electron chi connectivity index (χ0n) is 12.8. The van der Waals surface area contributed by atoms with Crippen molar-refractivity contribution in [3.8, 4) is 0 Å². The molecule has 0 aromatic heterocycles. The molecule has 0 bridgehead atoms. The Morgan fingerprint density at radius 3 is 2.90 bits per heavy atom. The first kappa shape index (κ1) is 16.0. The third-order valence-corrected chi connectivity index (χ3v) is 4.10. The lowest BCUT2D eigenvalue weighted by molar-refractivity contribution is -0.122. The topological polar surface area (TPSA) is 52.6 Å². The second kappa shape index (κ2) is 8.15. The molecular weight excluding hydrogens is 264 g/mol. The normalized spacial score (nSPS) is 20.4. The van der Waals surface area contributed by atoms with Crippen LogP contribution >= 0.6 is 0 Å². The highest BCUT2D eigenvalue weighted by molar-refractivity contribution is 5.78. The minimum atomic E-state index is -0.449. The number of nitrogens with zero attached hydrogens (tertiary/aromatic N) is 1. The van der Waals surface area contributed by atoms with Gasteiger partial charge in [-0.3, -0.25) is 9.69 Å². The van der Waals surface area contributed by atoms with Gasteiger partial charge < -0.3 is 10.4 Å². The lowest BCUT2D eigenvalue weighted by atomic mass is 10.0. The summed E-state index contributed by atoms with van der Waals surface area (Å²) < 4.78 is 0. The number of amides is 1. The van der Waals surface area contributed by atoms with Crippen molar-refractivity contribution in [3.05, 3.63) is 35.9 Å². The predicted molar refractivity (Wildman–Crippen MR) is 83.9 cm³/mol. The molecule has 1 aliphatic rings. The van der Waals surface area contributed by atoms with E-state index in [0.29, 0.717) is 19.0 Å².